The van der Waals surface area contributed by atoms with Crippen molar-refractivity contribution in [2.75, 3.05) is 0 Å². The minimum atomic E-state index is -0.652. The van der Waals surface area contributed by atoms with Crippen LogP contribution in [0.15, 0.2) is 18.3 Å². The molecule has 0 spiro atoms. The zero-order valence-corrected chi connectivity index (χ0v) is 5.03. The van der Waals surface area contributed by atoms with Gasteiger partial charge in [0.15, 0.2) is 0 Å². The average Bonchev–Trinajstić information content (AvgIpc) is 2.05. The highest BCUT2D eigenvalue weighted by atomic mass is 16.5. The number of nitrogens with one attached hydrogen (secondary N) is 1. The molecule has 2 N–H and O–H groups in total. The molecule has 0 atom stereocenters. The molecule has 1 rings (SSSR count). The van der Waals surface area contributed by atoms with Crippen LogP contribution in [0.2, 0.25) is 0 Å². The Morgan fingerprint density at radius 3 is 3.10 bits per heavy atom. The van der Waals surface area contributed by atoms with Gasteiger partial charge >= 0.3 is 0 Å². The first-order valence-electron chi connectivity index (χ1n) is 2.61. The fourth-order valence-electron chi connectivity index (χ4n) is 0.502. The summed E-state index contributed by atoms with van der Waals surface area (Å²) < 4.78 is 0. The Morgan fingerprint density at radius 2 is 2.60 bits per heavy atom. The summed E-state index contributed by atoms with van der Waals surface area (Å²) >= 11 is 0. The summed E-state index contributed by atoms with van der Waals surface area (Å²) in [6, 6.07) is 5.71. The molecule has 0 bridgehead atoms. The van der Waals surface area contributed by atoms with Gasteiger partial charge in [-0.15, -0.1) is 0 Å². The molecule has 0 aliphatic rings. The average molecular weight is 137 g/mol. The molecule has 4 nitrogen and oxygen atoms in total. The van der Waals surface area contributed by atoms with Crippen LogP contribution in [0.25, 0.3) is 0 Å². The highest BCUT2D eigenvalue weighted by molar-refractivity contribution is 5.90. The molecule has 0 saturated heterocycles. The van der Waals surface area contributed by atoms with E-state index in [0.717, 1.165) is 0 Å². The number of carbonyl (C=O) groups is 1. The molecule has 1 radical (unpaired) electrons. The van der Waals surface area contributed by atoms with Crippen molar-refractivity contribution >= 4 is 5.91 Å². The summed E-state index contributed by atoms with van der Waals surface area (Å²) in [7, 11) is 0. The molecule has 51 valence electrons. The molecule has 4 heteroatoms. The number of hydroxylamine groups is 1. The molecule has 1 aromatic rings. The van der Waals surface area contributed by atoms with E-state index >= 15 is 0 Å². The summed E-state index contributed by atoms with van der Waals surface area (Å²) in [4.78, 5) is 14.2. The molecule has 0 unspecified atom stereocenters. The van der Waals surface area contributed by atoms with Gasteiger partial charge in [-0.1, -0.05) is 6.07 Å². The van der Waals surface area contributed by atoms with E-state index in [1.54, 1.807) is 6.07 Å². The molecule has 0 aliphatic heterocycles. The Labute approximate surface area is 57.5 Å². The van der Waals surface area contributed by atoms with Gasteiger partial charge in [-0.05, 0) is 6.07 Å². The van der Waals surface area contributed by atoms with Gasteiger partial charge in [0, 0.05) is 12.3 Å². The van der Waals surface area contributed by atoms with E-state index in [1.807, 2.05) is 0 Å². The van der Waals surface area contributed by atoms with Crippen molar-refractivity contribution < 1.29 is 10.0 Å². The van der Waals surface area contributed by atoms with Gasteiger partial charge in [0.2, 0.25) is 0 Å². The fraction of sp³-hybridized carbons (Fsp3) is 0. The van der Waals surface area contributed by atoms with Crippen LogP contribution in [0.5, 0.6) is 0 Å². The maximum atomic E-state index is 10.6. The third kappa shape index (κ3) is 1.29. The number of hydrogen-bond donors (Lipinski definition) is 2. The summed E-state index contributed by atoms with van der Waals surface area (Å²) in [6.07, 6.45) is 1.45. The van der Waals surface area contributed by atoms with Gasteiger partial charge < -0.3 is 0 Å². The van der Waals surface area contributed by atoms with Crippen molar-refractivity contribution in [2.24, 2.45) is 0 Å². The molecule has 0 aromatic carbocycles. The van der Waals surface area contributed by atoms with Crippen LogP contribution < -0.4 is 5.48 Å². The molecule has 1 heterocycles. The van der Waals surface area contributed by atoms with Crippen LogP contribution in [0.3, 0.4) is 0 Å². The van der Waals surface area contributed by atoms with E-state index in [4.69, 9.17) is 5.21 Å². The van der Waals surface area contributed by atoms with Gasteiger partial charge in [0.25, 0.3) is 5.91 Å². The number of aromatic nitrogens is 1. The number of amides is 1. The van der Waals surface area contributed by atoms with Crippen molar-refractivity contribution in [3.8, 4) is 0 Å². The topological polar surface area (TPSA) is 62.2 Å². The lowest BCUT2D eigenvalue weighted by Gasteiger charge is -1.93. The molecule has 0 fully saturated rings. The Bertz CT molecular complexity index is 222. The molecule has 0 aliphatic carbocycles. The second-order valence-corrected chi connectivity index (χ2v) is 1.57. The smallest absolute Gasteiger partial charge is 0.288 e. The molecule has 1 amide bonds. The highest BCUT2D eigenvalue weighted by Gasteiger charge is 2.02. The summed E-state index contributed by atoms with van der Waals surface area (Å²) in [5.74, 6) is -0.652. The maximum Gasteiger partial charge on any atom is 0.293 e. The summed E-state index contributed by atoms with van der Waals surface area (Å²) in [6.45, 7) is 0. The van der Waals surface area contributed by atoms with E-state index in [9.17, 15) is 4.79 Å². The van der Waals surface area contributed by atoms with Crippen LogP contribution >= 0.6 is 0 Å². The summed E-state index contributed by atoms with van der Waals surface area (Å²) in [5, 5.41) is 8.13. The SMILES string of the molecule is O=C(NO)c1[c]cccn1. The van der Waals surface area contributed by atoms with E-state index in [-0.39, 0.29) is 5.69 Å². The van der Waals surface area contributed by atoms with E-state index in [1.165, 1.54) is 17.7 Å². The third-order valence-corrected chi connectivity index (χ3v) is 0.923. The molecule has 1 aromatic heterocycles. The van der Waals surface area contributed by atoms with Crippen molar-refractivity contribution in [1.29, 1.82) is 0 Å². The number of carbonyl (C=O) groups excluding carboxylic acids is 1. The fourth-order valence-corrected chi connectivity index (χ4v) is 0.502. The van der Waals surface area contributed by atoms with Crippen LogP contribution in [0.1, 0.15) is 10.5 Å². The van der Waals surface area contributed by atoms with Crippen LogP contribution in [0, 0.1) is 6.07 Å². The second kappa shape index (κ2) is 2.93. The first kappa shape index (κ1) is 6.70. The van der Waals surface area contributed by atoms with Crippen molar-refractivity contribution in [3.05, 3.63) is 30.1 Å². The van der Waals surface area contributed by atoms with E-state index in [2.05, 4.69) is 11.1 Å². The van der Waals surface area contributed by atoms with Gasteiger partial charge in [-0.2, -0.15) is 0 Å². The predicted octanol–water partition coefficient (Wildman–Crippen LogP) is 0.000790. The lowest BCUT2D eigenvalue weighted by Crippen LogP contribution is -2.19. The largest absolute Gasteiger partial charge is 0.293 e. The van der Waals surface area contributed by atoms with Crippen molar-refractivity contribution in [2.45, 2.75) is 0 Å². The molecule has 10 heavy (non-hydrogen) atoms. The first-order valence-corrected chi connectivity index (χ1v) is 2.61. The zero-order valence-electron chi connectivity index (χ0n) is 5.03. The maximum absolute atomic E-state index is 10.6. The van der Waals surface area contributed by atoms with Gasteiger partial charge in [-0.25, -0.2) is 5.48 Å². The quantitative estimate of drug-likeness (QED) is 0.423. The Balaban J connectivity index is 2.85. The minimum absolute atomic E-state index is 0.0741. The number of hydrogen-bond acceptors (Lipinski definition) is 3. The number of nitrogens with zero attached hydrogens (tertiary/aromatic N) is 1. The van der Waals surface area contributed by atoms with Crippen molar-refractivity contribution in [3.63, 3.8) is 0 Å². The number of rotatable bonds is 1. The molecular weight excluding hydrogens is 132 g/mol. The second-order valence-electron chi connectivity index (χ2n) is 1.57. The summed E-state index contributed by atoms with van der Waals surface area (Å²) in [5.41, 5.74) is 1.52. The van der Waals surface area contributed by atoms with Gasteiger partial charge in [0.05, 0.1) is 0 Å². The van der Waals surface area contributed by atoms with Gasteiger partial charge in [0.1, 0.15) is 5.69 Å². The highest BCUT2D eigenvalue weighted by Crippen LogP contribution is 1.89. The normalized spacial score (nSPS) is 8.90. The Hall–Kier alpha value is -1.42. The first-order chi connectivity index (χ1) is 4.84. The lowest BCUT2D eigenvalue weighted by atomic mass is 10.3. The Kier molecular flexibility index (Phi) is 1.96. The van der Waals surface area contributed by atoms with Gasteiger partial charge in [-0.3, -0.25) is 15.0 Å². The van der Waals surface area contributed by atoms with Crippen molar-refractivity contribution in [1.82, 2.24) is 10.5 Å². The van der Waals surface area contributed by atoms with E-state index < -0.39 is 5.91 Å². The number of pyridine rings is 1. The Morgan fingerprint density at radius 1 is 1.80 bits per heavy atom. The third-order valence-electron chi connectivity index (χ3n) is 0.923. The van der Waals surface area contributed by atoms with Crippen LogP contribution in [-0.4, -0.2) is 16.1 Å². The zero-order chi connectivity index (χ0) is 7.40. The van der Waals surface area contributed by atoms with Crippen LogP contribution in [0.4, 0.5) is 0 Å². The molecule has 0 saturated carbocycles. The monoisotopic (exact) mass is 137 g/mol. The van der Waals surface area contributed by atoms with Crippen LogP contribution in [-0.2, 0) is 0 Å². The molecular formula is C6H5N2O2. The lowest BCUT2D eigenvalue weighted by molar-refractivity contribution is 0.0700. The van der Waals surface area contributed by atoms with E-state index in [0.29, 0.717) is 0 Å². The minimum Gasteiger partial charge on any atom is -0.288 e. The predicted molar refractivity (Wildman–Crippen MR) is 32.3 cm³/mol. The standard InChI is InChI=1S/C6H5N2O2/c9-6(8-10)5-3-1-2-4-7-5/h1-2,4,10H,(H,8,9).